The van der Waals surface area contributed by atoms with E-state index in [4.69, 9.17) is 9.47 Å². The minimum absolute atomic E-state index is 0.0649. The van der Waals surface area contributed by atoms with Crippen molar-refractivity contribution in [1.29, 1.82) is 0 Å². The lowest BCUT2D eigenvalue weighted by Gasteiger charge is -2.31. The summed E-state index contributed by atoms with van der Waals surface area (Å²) in [6.07, 6.45) is 1.73. The average molecular weight is 356 g/mol. The number of benzene rings is 1. The van der Waals surface area contributed by atoms with Crippen LogP contribution in [0.3, 0.4) is 0 Å². The second kappa shape index (κ2) is 7.07. The molecule has 0 unspecified atom stereocenters. The van der Waals surface area contributed by atoms with Crippen molar-refractivity contribution in [3.05, 3.63) is 35.4 Å². The number of carbonyl (C=O) groups excluding carboxylic acids is 1. The minimum Gasteiger partial charge on any atom is -0.486 e. The highest BCUT2D eigenvalue weighted by molar-refractivity contribution is 5.98. The van der Waals surface area contributed by atoms with Gasteiger partial charge < -0.3 is 14.0 Å². The molecular weight excluding hydrogens is 332 g/mol. The first-order valence-corrected chi connectivity index (χ1v) is 9.13. The van der Waals surface area contributed by atoms with Gasteiger partial charge in [-0.05, 0) is 51.1 Å². The molecule has 7 nitrogen and oxygen atoms in total. The molecule has 0 bridgehead atoms. The number of nitrogens with zero attached hydrogens (tertiary/aromatic N) is 4. The standard InChI is InChI=1S/C19H24N4O3/c1-13-20-21-18(22(13)2)12-23-7-5-14(6-8-23)19(24)15-3-4-16-17(11-15)26-10-9-25-16/h3-4,11,14H,5-10,12H2,1-2H3. The highest BCUT2D eigenvalue weighted by Gasteiger charge is 2.27. The summed E-state index contributed by atoms with van der Waals surface area (Å²) in [7, 11) is 1.99. The van der Waals surface area contributed by atoms with Gasteiger partial charge in [0.05, 0.1) is 6.54 Å². The molecule has 4 rings (SSSR count). The van der Waals surface area contributed by atoms with Crippen LogP contribution in [-0.4, -0.2) is 51.8 Å². The Kier molecular flexibility index (Phi) is 4.63. The maximum atomic E-state index is 12.9. The normalized spacial score (nSPS) is 18.1. The van der Waals surface area contributed by atoms with Gasteiger partial charge in [0.15, 0.2) is 17.3 Å². The SMILES string of the molecule is Cc1nnc(CN2CCC(C(=O)c3ccc4c(c3)OCCO4)CC2)n1C. The van der Waals surface area contributed by atoms with Crippen molar-refractivity contribution < 1.29 is 14.3 Å². The summed E-state index contributed by atoms with van der Waals surface area (Å²) in [5, 5.41) is 8.34. The second-order valence-corrected chi connectivity index (χ2v) is 7.00. The molecule has 0 atom stereocenters. The summed E-state index contributed by atoms with van der Waals surface area (Å²) < 4.78 is 13.1. The number of likely N-dealkylation sites (tertiary alicyclic amines) is 1. The van der Waals surface area contributed by atoms with Crippen LogP contribution in [0.5, 0.6) is 11.5 Å². The lowest BCUT2D eigenvalue weighted by atomic mass is 9.88. The van der Waals surface area contributed by atoms with Gasteiger partial charge in [-0.3, -0.25) is 9.69 Å². The highest BCUT2D eigenvalue weighted by Crippen LogP contribution is 2.32. The van der Waals surface area contributed by atoms with Gasteiger partial charge in [0, 0.05) is 18.5 Å². The first kappa shape index (κ1) is 17.0. The number of hydrogen-bond donors (Lipinski definition) is 0. The monoisotopic (exact) mass is 356 g/mol. The van der Waals surface area contributed by atoms with Crippen LogP contribution < -0.4 is 9.47 Å². The van der Waals surface area contributed by atoms with E-state index in [9.17, 15) is 4.79 Å². The van der Waals surface area contributed by atoms with Gasteiger partial charge >= 0.3 is 0 Å². The molecule has 0 N–H and O–H groups in total. The molecule has 1 aromatic carbocycles. The third-order valence-corrected chi connectivity index (χ3v) is 5.33. The van der Waals surface area contributed by atoms with E-state index >= 15 is 0 Å². The lowest BCUT2D eigenvalue weighted by molar-refractivity contribution is 0.0831. The van der Waals surface area contributed by atoms with Crippen LogP contribution in [-0.2, 0) is 13.6 Å². The topological polar surface area (TPSA) is 69.5 Å². The van der Waals surface area contributed by atoms with Crippen LogP contribution in [0.25, 0.3) is 0 Å². The zero-order valence-corrected chi connectivity index (χ0v) is 15.3. The number of hydrogen-bond acceptors (Lipinski definition) is 6. The van der Waals surface area contributed by atoms with E-state index in [1.807, 2.05) is 36.7 Å². The molecule has 2 aromatic rings. The van der Waals surface area contributed by atoms with Gasteiger partial charge in [0.1, 0.15) is 24.9 Å². The lowest BCUT2D eigenvalue weighted by Crippen LogP contribution is -2.36. The second-order valence-electron chi connectivity index (χ2n) is 7.00. The summed E-state index contributed by atoms with van der Waals surface area (Å²) in [4.78, 5) is 15.2. The van der Waals surface area contributed by atoms with Crippen LogP contribution in [0, 0.1) is 12.8 Å². The Morgan fingerprint density at radius 1 is 1.15 bits per heavy atom. The highest BCUT2D eigenvalue weighted by atomic mass is 16.6. The zero-order valence-electron chi connectivity index (χ0n) is 15.3. The molecule has 26 heavy (non-hydrogen) atoms. The molecule has 138 valence electrons. The first-order chi connectivity index (χ1) is 12.6. The predicted molar refractivity (Wildman–Crippen MR) is 95.5 cm³/mol. The Morgan fingerprint density at radius 2 is 1.88 bits per heavy atom. The van der Waals surface area contributed by atoms with Gasteiger partial charge in [-0.15, -0.1) is 10.2 Å². The van der Waals surface area contributed by atoms with Gasteiger partial charge in [0.2, 0.25) is 0 Å². The molecule has 2 aliphatic rings. The molecule has 0 spiro atoms. The molecule has 0 amide bonds. The Balaban J connectivity index is 1.37. The largest absolute Gasteiger partial charge is 0.486 e. The molecule has 1 aromatic heterocycles. The molecule has 1 saturated heterocycles. The molecular formula is C19H24N4O3. The number of piperidine rings is 1. The zero-order chi connectivity index (χ0) is 18.1. The van der Waals surface area contributed by atoms with E-state index in [2.05, 4.69) is 15.1 Å². The predicted octanol–water partition coefficient (Wildman–Crippen LogP) is 1.99. The van der Waals surface area contributed by atoms with Gasteiger partial charge in [-0.25, -0.2) is 0 Å². The third kappa shape index (κ3) is 3.31. The van der Waals surface area contributed by atoms with Crippen LogP contribution >= 0.6 is 0 Å². The molecule has 3 heterocycles. The number of fused-ring (bicyclic) bond motifs is 1. The van der Waals surface area contributed by atoms with Crippen molar-refractivity contribution >= 4 is 5.78 Å². The van der Waals surface area contributed by atoms with Crippen LogP contribution in [0.2, 0.25) is 0 Å². The van der Waals surface area contributed by atoms with Crippen molar-refractivity contribution in [1.82, 2.24) is 19.7 Å². The van der Waals surface area contributed by atoms with Crippen molar-refractivity contribution in [2.45, 2.75) is 26.3 Å². The van der Waals surface area contributed by atoms with Crippen molar-refractivity contribution in [2.75, 3.05) is 26.3 Å². The number of ether oxygens (including phenoxy) is 2. The van der Waals surface area contributed by atoms with E-state index in [0.717, 1.165) is 55.4 Å². The fourth-order valence-corrected chi connectivity index (χ4v) is 3.57. The van der Waals surface area contributed by atoms with Gasteiger partial charge in [-0.2, -0.15) is 0 Å². The summed E-state index contributed by atoms with van der Waals surface area (Å²) >= 11 is 0. The van der Waals surface area contributed by atoms with E-state index in [1.54, 1.807) is 0 Å². The smallest absolute Gasteiger partial charge is 0.166 e. The van der Waals surface area contributed by atoms with Crippen molar-refractivity contribution in [3.8, 4) is 11.5 Å². The van der Waals surface area contributed by atoms with E-state index in [1.165, 1.54) is 0 Å². The fourth-order valence-electron chi connectivity index (χ4n) is 3.57. The molecule has 0 aliphatic carbocycles. The maximum absolute atomic E-state index is 12.9. The van der Waals surface area contributed by atoms with Gasteiger partial charge in [-0.1, -0.05) is 0 Å². The van der Waals surface area contributed by atoms with Crippen molar-refractivity contribution in [3.63, 3.8) is 0 Å². The number of carbonyl (C=O) groups is 1. The Bertz CT molecular complexity index is 809. The van der Waals surface area contributed by atoms with Crippen molar-refractivity contribution in [2.24, 2.45) is 13.0 Å². The fraction of sp³-hybridized carbons (Fsp3) is 0.526. The molecule has 7 heteroatoms. The van der Waals surface area contributed by atoms with E-state index in [0.29, 0.717) is 19.0 Å². The summed E-state index contributed by atoms with van der Waals surface area (Å²) in [6.45, 7) is 5.62. The maximum Gasteiger partial charge on any atom is 0.166 e. The number of aromatic nitrogens is 3. The minimum atomic E-state index is 0.0649. The Morgan fingerprint density at radius 3 is 2.58 bits per heavy atom. The van der Waals surface area contributed by atoms with Crippen LogP contribution in [0.1, 0.15) is 34.8 Å². The average Bonchev–Trinajstić information content (AvgIpc) is 3.00. The Hall–Kier alpha value is -2.41. The van der Waals surface area contributed by atoms with E-state index in [-0.39, 0.29) is 11.7 Å². The molecule has 0 saturated carbocycles. The van der Waals surface area contributed by atoms with Gasteiger partial charge in [0.25, 0.3) is 0 Å². The Labute approximate surface area is 152 Å². The molecule has 1 fully saturated rings. The first-order valence-electron chi connectivity index (χ1n) is 9.13. The summed E-state index contributed by atoms with van der Waals surface area (Å²) in [5.74, 6) is 3.56. The number of ketones is 1. The number of rotatable bonds is 4. The molecule has 0 radical (unpaired) electrons. The van der Waals surface area contributed by atoms with E-state index < -0.39 is 0 Å². The summed E-state index contributed by atoms with van der Waals surface area (Å²) in [6, 6.07) is 5.52. The van der Waals surface area contributed by atoms with Crippen LogP contribution in [0.4, 0.5) is 0 Å². The quantitative estimate of drug-likeness (QED) is 0.781. The summed E-state index contributed by atoms with van der Waals surface area (Å²) in [5.41, 5.74) is 0.719. The number of Topliss-reactive ketones (excluding diaryl/α,β-unsaturated/α-hetero) is 1. The molecule has 2 aliphatic heterocycles. The third-order valence-electron chi connectivity index (χ3n) is 5.33. The van der Waals surface area contributed by atoms with Crippen LogP contribution in [0.15, 0.2) is 18.2 Å². The number of aryl methyl sites for hydroxylation is 1.